The first kappa shape index (κ1) is 21.3. The summed E-state index contributed by atoms with van der Waals surface area (Å²) in [5.74, 6) is 0.400. The summed E-state index contributed by atoms with van der Waals surface area (Å²) in [4.78, 5) is 21.7. The number of carbonyl (C=O) groups excluding carboxylic acids is 1. The number of fused-ring (bicyclic) bond motifs is 2. The summed E-state index contributed by atoms with van der Waals surface area (Å²) < 4.78 is 14.3. The van der Waals surface area contributed by atoms with E-state index >= 15 is 0 Å². The van der Waals surface area contributed by atoms with Crippen LogP contribution in [0, 0.1) is 0 Å². The fraction of sp³-hybridized carbons (Fsp3) is 0.542. The third-order valence-corrected chi connectivity index (χ3v) is 8.72. The van der Waals surface area contributed by atoms with E-state index in [0.717, 1.165) is 31.5 Å². The Morgan fingerprint density at radius 1 is 1.18 bits per heavy atom. The van der Waals surface area contributed by atoms with Gasteiger partial charge in [0.15, 0.2) is 5.65 Å². The number of nitrogens with zero attached hydrogens (tertiary/aromatic N) is 4. The minimum Gasteiger partial charge on any atom is -0.398 e. The molecule has 0 bridgehead atoms. The number of carbonyl (C=O) groups is 1. The Morgan fingerprint density at radius 3 is 2.61 bits per heavy atom. The van der Waals surface area contributed by atoms with Crippen molar-refractivity contribution < 1.29 is 14.1 Å². The highest BCUT2D eigenvalue weighted by Gasteiger charge is 2.53. The van der Waals surface area contributed by atoms with Crippen molar-refractivity contribution in [3.63, 3.8) is 0 Å². The normalized spacial score (nSPS) is 23.8. The van der Waals surface area contributed by atoms with Gasteiger partial charge in [-0.05, 0) is 77.0 Å². The van der Waals surface area contributed by atoms with E-state index in [1.807, 2.05) is 49.2 Å². The van der Waals surface area contributed by atoms with E-state index in [9.17, 15) is 4.79 Å². The standard InChI is InChI=1S/C24H29BN4O3S/c1-14-16-9-11-33-19(16)8-10-28(14)22(30)17-12-18(15-6-7-15)29-21(26-17)13-20(27-29)25-31-23(2,3)24(4,5)32-25/h9,11-15H,6-8,10H2,1-5H3. The number of hydrogen-bond acceptors (Lipinski definition) is 6. The van der Waals surface area contributed by atoms with Crippen LogP contribution in [0.5, 0.6) is 0 Å². The van der Waals surface area contributed by atoms with Crippen molar-refractivity contribution in [1.82, 2.24) is 19.5 Å². The largest absolute Gasteiger partial charge is 0.516 e. The second-order valence-electron chi connectivity index (χ2n) is 10.5. The molecule has 0 spiro atoms. The summed E-state index contributed by atoms with van der Waals surface area (Å²) in [5.41, 5.74) is 3.30. The predicted octanol–water partition coefficient (Wildman–Crippen LogP) is 3.73. The van der Waals surface area contributed by atoms with Crippen molar-refractivity contribution in [2.75, 3.05) is 6.54 Å². The lowest BCUT2D eigenvalue weighted by molar-refractivity contribution is 0.00578. The molecule has 1 saturated carbocycles. The molecule has 2 aliphatic heterocycles. The summed E-state index contributed by atoms with van der Waals surface area (Å²) >= 11 is 1.78. The predicted molar refractivity (Wildman–Crippen MR) is 128 cm³/mol. The molecular weight excluding hydrogens is 435 g/mol. The molecule has 3 aromatic heterocycles. The lowest BCUT2D eigenvalue weighted by atomic mass is 9.85. The molecule has 172 valence electrons. The third-order valence-electron chi connectivity index (χ3n) is 7.72. The third kappa shape index (κ3) is 3.35. The maximum Gasteiger partial charge on any atom is 0.516 e. The van der Waals surface area contributed by atoms with E-state index in [-0.39, 0.29) is 11.9 Å². The average molecular weight is 464 g/mol. The molecule has 3 aliphatic rings. The summed E-state index contributed by atoms with van der Waals surface area (Å²) in [5, 5.41) is 6.94. The minimum atomic E-state index is -0.554. The van der Waals surface area contributed by atoms with Crippen LogP contribution in [0.15, 0.2) is 23.6 Å². The van der Waals surface area contributed by atoms with Crippen molar-refractivity contribution in [3.8, 4) is 0 Å². The summed E-state index contributed by atoms with van der Waals surface area (Å²) in [6.07, 6.45) is 3.12. The zero-order valence-electron chi connectivity index (χ0n) is 19.8. The van der Waals surface area contributed by atoms with E-state index in [1.54, 1.807) is 11.3 Å². The Morgan fingerprint density at radius 2 is 1.91 bits per heavy atom. The van der Waals surface area contributed by atoms with Crippen LogP contribution in [-0.4, -0.2) is 50.3 Å². The van der Waals surface area contributed by atoms with Gasteiger partial charge in [0.05, 0.1) is 22.8 Å². The summed E-state index contributed by atoms with van der Waals surface area (Å²) in [6.45, 7) is 11.0. The molecule has 1 saturated heterocycles. The number of amides is 1. The van der Waals surface area contributed by atoms with Crippen LogP contribution in [-0.2, 0) is 15.7 Å². The minimum absolute atomic E-state index is 0.0119. The van der Waals surface area contributed by atoms with Gasteiger partial charge < -0.3 is 14.2 Å². The van der Waals surface area contributed by atoms with Crippen LogP contribution >= 0.6 is 11.3 Å². The number of aromatic nitrogens is 3. The SMILES string of the molecule is CC1c2ccsc2CCN1C(=O)c1cc(C2CC2)n2nc(B3OC(C)(C)C(C)(C)O3)cc2n1. The van der Waals surface area contributed by atoms with Crippen LogP contribution < -0.4 is 5.59 Å². The quantitative estimate of drug-likeness (QED) is 0.553. The first-order chi connectivity index (χ1) is 15.6. The molecule has 5 heterocycles. The van der Waals surface area contributed by atoms with Crippen LogP contribution in [0.3, 0.4) is 0 Å². The molecule has 7 nitrogen and oxygen atoms in total. The molecule has 0 N–H and O–H groups in total. The fourth-order valence-electron chi connectivity index (χ4n) is 4.81. The van der Waals surface area contributed by atoms with Crippen LogP contribution in [0.25, 0.3) is 5.65 Å². The summed E-state index contributed by atoms with van der Waals surface area (Å²) in [6, 6.07) is 6.05. The first-order valence-corrected chi connectivity index (χ1v) is 12.7. The van der Waals surface area contributed by atoms with Gasteiger partial charge in [0.2, 0.25) is 0 Å². The van der Waals surface area contributed by atoms with Gasteiger partial charge in [0.25, 0.3) is 5.91 Å². The lowest BCUT2D eigenvalue weighted by Crippen LogP contribution is -2.41. The van der Waals surface area contributed by atoms with Gasteiger partial charge in [-0.15, -0.1) is 11.3 Å². The molecule has 1 unspecified atom stereocenters. The highest BCUT2D eigenvalue weighted by Crippen LogP contribution is 2.41. The number of thiophene rings is 1. The Kier molecular flexibility index (Phi) is 4.61. The fourth-order valence-corrected chi connectivity index (χ4v) is 5.77. The zero-order chi connectivity index (χ0) is 23.1. The van der Waals surface area contributed by atoms with Crippen molar-refractivity contribution in [2.45, 2.75) is 77.0 Å². The van der Waals surface area contributed by atoms with E-state index in [4.69, 9.17) is 19.4 Å². The van der Waals surface area contributed by atoms with Gasteiger partial charge in [0.1, 0.15) is 5.69 Å². The van der Waals surface area contributed by atoms with E-state index in [1.165, 1.54) is 10.4 Å². The maximum atomic E-state index is 13.6. The average Bonchev–Trinajstić information content (AvgIpc) is 3.23. The smallest absolute Gasteiger partial charge is 0.398 e. The Hall–Kier alpha value is -2.23. The van der Waals surface area contributed by atoms with Crippen LogP contribution in [0.4, 0.5) is 0 Å². The molecule has 2 fully saturated rings. The topological polar surface area (TPSA) is 69.0 Å². The lowest BCUT2D eigenvalue weighted by Gasteiger charge is -2.33. The molecule has 1 aliphatic carbocycles. The molecule has 6 rings (SSSR count). The van der Waals surface area contributed by atoms with Crippen molar-refractivity contribution in [1.29, 1.82) is 0 Å². The molecular formula is C24H29BN4O3S. The molecule has 1 amide bonds. The Bertz CT molecular complexity index is 1250. The van der Waals surface area contributed by atoms with Gasteiger partial charge in [-0.2, -0.15) is 5.10 Å². The molecule has 0 radical (unpaired) electrons. The van der Waals surface area contributed by atoms with Gasteiger partial charge >= 0.3 is 7.12 Å². The Labute approximate surface area is 198 Å². The maximum absolute atomic E-state index is 13.6. The molecule has 9 heteroatoms. The first-order valence-electron chi connectivity index (χ1n) is 11.8. The zero-order valence-corrected chi connectivity index (χ0v) is 20.6. The molecule has 33 heavy (non-hydrogen) atoms. The second-order valence-corrected chi connectivity index (χ2v) is 11.5. The van der Waals surface area contributed by atoms with Crippen molar-refractivity contribution >= 4 is 35.6 Å². The molecule has 0 aromatic carbocycles. The van der Waals surface area contributed by atoms with Crippen molar-refractivity contribution in [3.05, 3.63) is 45.4 Å². The number of rotatable bonds is 3. The van der Waals surface area contributed by atoms with Crippen LogP contribution in [0.1, 0.15) is 86.0 Å². The molecule has 1 atom stereocenters. The van der Waals surface area contributed by atoms with E-state index < -0.39 is 18.3 Å². The van der Waals surface area contributed by atoms with Gasteiger partial charge in [0, 0.05) is 29.1 Å². The van der Waals surface area contributed by atoms with Gasteiger partial charge in [-0.1, -0.05) is 0 Å². The highest BCUT2D eigenvalue weighted by molar-refractivity contribution is 7.10. The van der Waals surface area contributed by atoms with Gasteiger partial charge in [-0.3, -0.25) is 4.79 Å². The Balaban J connectivity index is 1.37. The van der Waals surface area contributed by atoms with E-state index in [0.29, 0.717) is 22.9 Å². The highest BCUT2D eigenvalue weighted by atomic mass is 32.1. The number of hydrogen-bond donors (Lipinski definition) is 0. The van der Waals surface area contributed by atoms with Gasteiger partial charge in [-0.25, -0.2) is 9.50 Å². The second kappa shape index (κ2) is 7.14. The summed E-state index contributed by atoms with van der Waals surface area (Å²) in [7, 11) is -0.554. The van der Waals surface area contributed by atoms with E-state index in [2.05, 4.69) is 18.4 Å². The monoisotopic (exact) mass is 464 g/mol. The van der Waals surface area contributed by atoms with Crippen LogP contribution in [0.2, 0.25) is 0 Å². The molecule has 3 aromatic rings. The van der Waals surface area contributed by atoms with Crippen molar-refractivity contribution in [2.24, 2.45) is 0 Å².